The van der Waals surface area contributed by atoms with Crippen molar-refractivity contribution in [2.45, 2.75) is 25.0 Å². The van der Waals surface area contributed by atoms with Crippen LogP contribution in [0.25, 0.3) is 0 Å². The predicted octanol–water partition coefficient (Wildman–Crippen LogP) is 4.67. The van der Waals surface area contributed by atoms with E-state index in [9.17, 15) is 22.0 Å². The van der Waals surface area contributed by atoms with Gasteiger partial charge in [-0.3, -0.25) is 9.52 Å². The zero-order valence-electron chi connectivity index (χ0n) is 17.5. The maximum absolute atomic E-state index is 12.8. The van der Waals surface area contributed by atoms with Gasteiger partial charge < -0.3 is 9.64 Å². The van der Waals surface area contributed by atoms with E-state index in [-0.39, 0.29) is 28.7 Å². The number of sulfonamides is 1. The largest absolute Gasteiger partial charge is 0.435 e. The Kier molecular flexibility index (Phi) is 7.09. The average molecular weight is 461 g/mol. The summed E-state index contributed by atoms with van der Waals surface area (Å²) in [7, 11) is -2.31. The van der Waals surface area contributed by atoms with E-state index >= 15 is 0 Å². The molecule has 3 rings (SSSR count). The van der Waals surface area contributed by atoms with Crippen LogP contribution >= 0.6 is 0 Å². The minimum Gasteiger partial charge on any atom is -0.435 e. The summed E-state index contributed by atoms with van der Waals surface area (Å²) in [6.07, 6.45) is 0. The molecule has 0 unspecified atom stereocenters. The molecule has 1 amide bonds. The van der Waals surface area contributed by atoms with Crippen molar-refractivity contribution >= 4 is 21.6 Å². The molecule has 0 spiro atoms. The van der Waals surface area contributed by atoms with E-state index in [2.05, 4.69) is 9.46 Å². The third-order valence-electron chi connectivity index (χ3n) is 4.58. The van der Waals surface area contributed by atoms with Gasteiger partial charge in [0.1, 0.15) is 5.75 Å². The summed E-state index contributed by atoms with van der Waals surface area (Å²) in [5, 5.41) is 0. The van der Waals surface area contributed by atoms with Crippen molar-refractivity contribution in [2.24, 2.45) is 0 Å². The van der Waals surface area contributed by atoms with Crippen LogP contribution in [0.3, 0.4) is 0 Å². The molecule has 1 N–H and O–H groups in total. The van der Waals surface area contributed by atoms with Crippen LogP contribution in [0.4, 0.5) is 14.5 Å². The number of carbonyl (C=O) groups is 1. The van der Waals surface area contributed by atoms with Crippen LogP contribution in [0, 0.1) is 6.92 Å². The highest BCUT2D eigenvalue weighted by Crippen LogP contribution is 2.20. The monoisotopic (exact) mass is 460 g/mol. The van der Waals surface area contributed by atoms with Crippen molar-refractivity contribution in [1.82, 2.24) is 4.90 Å². The zero-order chi connectivity index (χ0) is 23.3. The molecule has 0 aliphatic carbocycles. The van der Waals surface area contributed by atoms with Gasteiger partial charge in [0.15, 0.2) is 0 Å². The Hall–Kier alpha value is -3.46. The van der Waals surface area contributed by atoms with E-state index in [0.29, 0.717) is 11.3 Å². The van der Waals surface area contributed by atoms with E-state index in [1.54, 1.807) is 37.4 Å². The van der Waals surface area contributed by atoms with Crippen LogP contribution in [0.1, 0.15) is 21.5 Å². The van der Waals surface area contributed by atoms with E-state index in [0.717, 1.165) is 5.56 Å². The SMILES string of the molecule is Cc1cccc(NS(=O)(=O)c2cccc(C(=O)N(C)Cc3ccc(OC(F)F)cc3)c2)c1. The molecule has 6 nitrogen and oxygen atoms in total. The summed E-state index contributed by atoms with van der Waals surface area (Å²) < 4.78 is 56.8. The normalized spacial score (nSPS) is 11.3. The quantitative estimate of drug-likeness (QED) is 0.530. The van der Waals surface area contributed by atoms with Gasteiger partial charge in [0.2, 0.25) is 0 Å². The second-order valence-corrected chi connectivity index (χ2v) is 8.87. The van der Waals surface area contributed by atoms with Gasteiger partial charge >= 0.3 is 6.61 Å². The van der Waals surface area contributed by atoms with Crippen LogP contribution in [-0.2, 0) is 16.6 Å². The number of ether oxygens (including phenoxy) is 1. The number of amides is 1. The Morgan fingerprint density at radius 3 is 2.38 bits per heavy atom. The minimum absolute atomic E-state index is 0.0248. The number of nitrogens with one attached hydrogen (secondary N) is 1. The molecule has 0 atom stereocenters. The third kappa shape index (κ3) is 6.04. The van der Waals surface area contributed by atoms with Crippen LogP contribution in [0.5, 0.6) is 5.75 Å². The van der Waals surface area contributed by atoms with Gasteiger partial charge in [-0.05, 0) is 60.5 Å². The van der Waals surface area contributed by atoms with Crippen molar-refractivity contribution in [1.29, 1.82) is 0 Å². The lowest BCUT2D eigenvalue weighted by molar-refractivity contribution is -0.0498. The molecule has 9 heteroatoms. The summed E-state index contributed by atoms with van der Waals surface area (Å²) >= 11 is 0. The van der Waals surface area contributed by atoms with Crippen molar-refractivity contribution < 1.29 is 26.7 Å². The highest BCUT2D eigenvalue weighted by Gasteiger charge is 2.18. The topological polar surface area (TPSA) is 75.7 Å². The Morgan fingerprint density at radius 1 is 1.03 bits per heavy atom. The molecule has 32 heavy (non-hydrogen) atoms. The van der Waals surface area contributed by atoms with E-state index in [1.165, 1.54) is 41.3 Å². The van der Waals surface area contributed by atoms with Gasteiger partial charge in [-0.25, -0.2) is 8.42 Å². The fourth-order valence-electron chi connectivity index (χ4n) is 3.06. The Balaban J connectivity index is 1.72. The summed E-state index contributed by atoms with van der Waals surface area (Å²) in [5.74, 6) is -0.359. The molecule has 0 bridgehead atoms. The highest BCUT2D eigenvalue weighted by molar-refractivity contribution is 7.92. The lowest BCUT2D eigenvalue weighted by Crippen LogP contribution is -2.26. The minimum atomic E-state index is -3.88. The van der Waals surface area contributed by atoms with Crippen LogP contribution in [0.15, 0.2) is 77.7 Å². The molecule has 168 valence electrons. The predicted molar refractivity (Wildman–Crippen MR) is 117 cm³/mol. The number of rotatable bonds is 8. The molecule has 3 aromatic carbocycles. The fourth-order valence-corrected chi connectivity index (χ4v) is 4.16. The number of aryl methyl sites for hydroxylation is 1. The Bertz CT molecular complexity index is 1200. The summed E-state index contributed by atoms with van der Waals surface area (Å²) in [6.45, 7) is -0.854. The lowest BCUT2D eigenvalue weighted by atomic mass is 10.1. The first kappa shape index (κ1) is 23.2. The molecule has 0 fully saturated rings. The van der Waals surface area contributed by atoms with Crippen LogP contribution in [-0.4, -0.2) is 32.9 Å². The maximum atomic E-state index is 12.8. The van der Waals surface area contributed by atoms with Gasteiger partial charge in [-0.2, -0.15) is 8.78 Å². The molecule has 0 aliphatic rings. The number of hydrogen-bond acceptors (Lipinski definition) is 4. The maximum Gasteiger partial charge on any atom is 0.387 e. The highest BCUT2D eigenvalue weighted by atomic mass is 32.2. The molecule has 3 aromatic rings. The molecule has 0 saturated carbocycles. The Labute approximate surface area is 185 Å². The van der Waals surface area contributed by atoms with E-state index < -0.39 is 16.6 Å². The number of nitrogens with zero attached hydrogens (tertiary/aromatic N) is 1. The number of alkyl halides is 2. The van der Waals surface area contributed by atoms with Gasteiger partial charge in [0.25, 0.3) is 15.9 Å². The van der Waals surface area contributed by atoms with Crippen LogP contribution in [0.2, 0.25) is 0 Å². The zero-order valence-corrected chi connectivity index (χ0v) is 18.3. The second-order valence-electron chi connectivity index (χ2n) is 7.19. The second kappa shape index (κ2) is 9.78. The third-order valence-corrected chi connectivity index (χ3v) is 5.96. The van der Waals surface area contributed by atoms with Crippen molar-refractivity contribution in [3.8, 4) is 5.75 Å². The fraction of sp³-hybridized carbons (Fsp3) is 0.174. The number of benzene rings is 3. The smallest absolute Gasteiger partial charge is 0.387 e. The number of anilines is 1. The standard InChI is InChI=1S/C23H22F2N2O4S/c1-16-5-3-7-19(13-16)26-32(29,30)21-8-4-6-18(14-21)22(28)27(2)15-17-9-11-20(12-10-17)31-23(24)25/h3-14,23,26H,15H2,1-2H3. The number of hydrogen-bond donors (Lipinski definition) is 1. The first-order valence-electron chi connectivity index (χ1n) is 9.63. The van der Waals surface area contributed by atoms with Crippen LogP contribution < -0.4 is 9.46 Å². The van der Waals surface area contributed by atoms with Crippen molar-refractivity contribution in [3.05, 3.63) is 89.5 Å². The number of carbonyl (C=O) groups excluding carboxylic acids is 1. The Morgan fingerprint density at radius 2 is 1.72 bits per heavy atom. The first-order chi connectivity index (χ1) is 15.1. The summed E-state index contributed by atoms with van der Waals surface area (Å²) in [4.78, 5) is 14.2. The summed E-state index contributed by atoms with van der Waals surface area (Å²) in [5.41, 5.74) is 2.24. The molecule has 0 aromatic heterocycles. The van der Waals surface area contributed by atoms with Crippen molar-refractivity contribution in [3.63, 3.8) is 0 Å². The van der Waals surface area contributed by atoms with E-state index in [1.807, 2.05) is 13.0 Å². The molecule has 0 radical (unpaired) electrons. The molecular formula is C23H22F2N2O4S. The van der Waals surface area contributed by atoms with Gasteiger partial charge in [0.05, 0.1) is 4.90 Å². The molecular weight excluding hydrogens is 438 g/mol. The number of halogens is 2. The van der Waals surface area contributed by atoms with Gasteiger partial charge in [-0.15, -0.1) is 0 Å². The first-order valence-corrected chi connectivity index (χ1v) is 11.1. The molecule has 0 heterocycles. The van der Waals surface area contributed by atoms with E-state index in [4.69, 9.17) is 0 Å². The lowest BCUT2D eigenvalue weighted by Gasteiger charge is -2.18. The van der Waals surface area contributed by atoms with Gasteiger partial charge in [-0.1, -0.05) is 30.3 Å². The summed E-state index contributed by atoms with van der Waals surface area (Å²) in [6, 6.07) is 18.7. The molecule has 0 saturated heterocycles. The average Bonchev–Trinajstić information content (AvgIpc) is 2.74. The van der Waals surface area contributed by atoms with Crippen molar-refractivity contribution in [2.75, 3.05) is 11.8 Å². The molecule has 0 aliphatic heterocycles. The van der Waals surface area contributed by atoms with Gasteiger partial charge in [0, 0.05) is 24.8 Å².